The molecule has 1 aromatic carbocycles. The number of likely N-dealkylation sites (N-methyl/N-ethyl adjacent to an activating group) is 1. The Bertz CT molecular complexity index is 1270. The number of carbonyl (C=O) groups excluding carboxylic acids is 3. The first-order chi connectivity index (χ1) is 15.9. The summed E-state index contributed by atoms with van der Waals surface area (Å²) in [4.78, 5) is 40.4. The van der Waals surface area contributed by atoms with Gasteiger partial charge in [0.2, 0.25) is 5.78 Å². The Hall–Kier alpha value is -2.92. The molecule has 0 radical (unpaired) electrons. The van der Waals surface area contributed by atoms with E-state index >= 15 is 0 Å². The minimum atomic E-state index is -2.65. The van der Waals surface area contributed by atoms with E-state index in [-0.39, 0.29) is 29.7 Å². The second kappa shape index (κ2) is 7.29. The van der Waals surface area contributed by atoms with Crippen molar-refractivity contribution in [1.82, 2.24) is 10.2 Å². The van der Waals surface area contributed by atoms with Gasteiger partial charge in [-0.1, -0.05) is 11.6 Å². The molecule has 3 aliphatic carbocycles. The van der Waals surface area contributed by atoms with Crippen molar-refractivity contribution < 1.29 is 34.8 Å². The van der Waals surface area contributed by atoms with Gasteiger partial charge in [-0.15, -0.1) is 0 Å². The van der Waals surface area contributed by atoms with Gasteiger partial charge < -0.3 is 31.5 Å². The second-order valence-corrected chi connectivity index (χ2v) is 9.92. The molecule has 10 nitrogen and oxygen atoms in total. The van der Waals surface area contributed by atoms with E-state index in [1.807, 2.05) is 0 Å². The molecule has 0 fully saturated rings. The van der Waals surface area contributed by atoms with Crippen LogP contribution in [0.5, 0.6) is 5.75 Å². The minimum Gasteiger partial charge on any atom is -0.510 e. The molecule has 1 aliphatic heterocycles. The van der Waals surface area contributed by atoms with Crippen molar-refractivity contribution in [3.05, 3.63) is 49.9 Å². The maximum absolute atomic E-state index is 13.6. The largest absolute Gasteiger partial charge is 0.510 e. The number of allylic oxidation sites excluding steroid dienone is 1. The molecule has 180 valence electrons. The first-order valence-electron chi connectivity index (χ1n) is 10.8. The number of nitrogens with two attached hydrogens (primary N) is 1. The maximum Gasteiger partial charge on any atom is 0.255 e. The van der Waals surface area contributed by atoms with Crippen molar-refractivity contribution in [2.45, 2.75) is 37.6 Å². The molecular formula is C23H24ClN3O7. The van der Waals surface area contributed by atoms with Gasteiger partial charge in [-0.2, -0.15) is 0 Å². The zero-order valence-electron chi connectivity index (χ0n) is 18.5. The van der Waals surface area contributed by atoms with Crippen molar-refractivity contribution >= 4 is 29.1 Å². The Kier molecular flexibility index (Phi) is 4.90. The number of amides is 1. The molecule has 5 rings (SSSR count). The molecule has 1 aromatic rings. The Morgan fingerprint density at radius 3 is 2.41 bits per heavy atom. The fourth-order valence-electron chi connectivity index (χ4n) is 6.13. The lowest BCUT2D eigenvalue weighted by atomic mass is 9.58. The topological polar surface area (TPSA) is 173 Å². The van der Waals surface area contributed by atoms with Gasteiger partial charge in [0.05, 0.1) is 11.6 Å². The Morgan fingerprint density at radius 1 is 1.15 bits per heavy atom. The van der Waals surface area contributed by atoms with Gasteiger partial charge in [-0.05, 0) is 44.0 Å². The molecule has 0 aromatic heterocycles. The van der Waals surface area contributed by atoms with Crippen LogP contribution in [0.25, 0.3) is 0 Å². The van der Waals surface area contributed by atoms with Gasteiger partial charge in [-0.25, -0.2) is 0 Å². The number of phenolic OH excluding ortho intramolecular Hbond substituents is 1. The van der Waals surface area contributed by atoms with Crippen molar-refractivity contribution in [2.24, 2.45) is 17.6 Å². The summed E-state index contributed by atoms with van der Waals surface area (Å²) in [6.07, 6.45) is 0.201. The summed E-state index contributed by atoms with van der Waals surface area (Å²) >= 11 is 6.63. The molecule has 0 unspecified atom stereocenters. The summed E-state index contributed by atoms with van der Waals surface area (Å²) in [5, 5.41) is 47.9. The zero-order chi connectivity index (χ0) is 24.9. The van der Waals surface area contributed by atoms with Crippen LogP contribution >= 0.6 is 11.6 Å². The second-order valence-electron chi connectivity index (χ2n) is 9.54. The van der Waals surface area contributed by atoms with Gasteiger partial charge in [0.15, 0.2) is 11.4 Å². The van der Waals surface area contributed by atoms with Crippen molar-refractivity contribution in [1.29, 1.82) is 0 Å². The number of nitrogens with one attached hydrogen (secondary N) is 1. The van der Waals surface area contributed by atoms with E-state index in [2.05, 4.69) is 5.32 Å². The zero-order valence-corrected chi connectivity index (χ0v) is 19.2. The lowest BCUT2D eigenvalue weighted by Crippen LogP contribution is -2.63. The van der Waals surface area contributed by atoms with Gasteiger partial charge in [-0.3, -0.25) is 19.3 Å². The van der Waals surface area contributed by atoms with E-state index in [1.54, 1.807) is 14.1 Å². The van der Waals surface area contributed by atoms with Gasteiger partial charge in [0.25, 0.3) is 5.91 Å². The molecule has 4 atom stereocenters. The van der Waals surface area contributed by atoms with Crippen LogP contribution < -0.4 is 11.1 Å². The van der Waals surface area contributed by atoms with Crippen LogP contribution in [0.2, 0.25) is 5.02 Å². The molecule has 34 heavy (non-hydrogen) atoms. The van der Waals surface area contributed by atoms with Gasteiger partial charge in [0.1, 0.15) is 22.8 Å². The summed E-state index contributed by atoms with van der Waals surface area (Å²) in [5.41, 5.74) is 3.23. The maximum atomic E-state index is 13.6. The number of aliphatic hydroxyl groups excluding tert-OH is 2. The first-order valence-corrected chi connectivity index (χ1v) is 11.2. The molecule has 7 N–H and O–H groups in total. The summed E-state index contributed by atoms with van der Waals surface area (Å²) in [7, 11) is 3.16. The van der Waals surface area contributed by atoms with E-state index in [0.717, 1.165) is 0 Å². The number of aromatic hydroxyl groups is 1. The number of hydrogen-bond donors (Lipinski definition) is 6. The fraction of sp³-hybridized carbons (Fsp3) is 0.435. The fourth-order valence-corrected chi connectivity index (χ4v) is 6.49. The Morgan fingerprint density at radius 2 is 1.79 bits per heavy atom. The highest BCUT2D eigenvalue weighted by Gasteiger charge is 2.63. The van der Waals surface area contributed by atoms with Crippen molar-refractivity contribution in [3.8, 4) is 5.75 Å². The van der Waals surface area contributed by atoms with Crippen LogP contribution in [0.1, 0.15) is 33.5 Å². The van der Waals surface area contributed by atoms with Crippen LogP contribution in [0.4, 0.5) is 0 Å². The molecule has 1 heterocycles. The Labute approximate surface area is 199 Å². The molecule has 0 saturated heterocycles. The normalized spacial score (nSPS) is 30.3. The molecule has 4 aliphatic rings. The monoisotopic (exact) mass is 489 g/mol. The van der Waals surface area contributed by atoms with E-state index in [9.17, 15) is 34.8 Å². The lowest BCUT2D eigenvalue weighted by molar-refractivity contribution is -0.148. The number of phenols is 1. The molecule has 11 heteroatoms. The third kappa shape index (κ3) is 2.65. The number of Topliss-reactive ketones (excluding diaryl/α,β-unsaturated/α-hetero) is 2. The van der Waals surface area contributed by atoms with E-state index in [0.29, 0.717) is 34.8 Å². The minimum absolute atomic E-state index is 0.0260. The SMILES string of the molecule is CN(C)[C@@H]1C(O)=C(C(N)=O)C(=O)[C@@]2(O)C(O)=C3C(=O)c4c(O)c5c(c(Cl)c4C[C@H]3C[C@@H]12)CNC5. The van der Waals surface area contributed by atoms with Gasteiger partial charge in [0, 0.05) is 35.2 Å². The van der Waals surface area contributed by atoms with E-state index < -0.39 is 58.0 Å². The van der Waals surface area contributed by atoms with E-state index in [4.69, 9.17) is 17.3 Å². The smallest absolute Gasteiger partial charge is 0.255 e. The third-order valence-electron chi connectivity index (χ3n) is 7.64. The summed E-state index contributed by atoms with van der Waals surface area (Å²) in [5.74, 6) is -6.70. The molecular weight excluding hydrogens is 466 g/mol. The highest BCUT2D eigenvalue weighted by Crippen LogP contribution is 2.53. The third-order valence-corrected chi connectivity index (χ3v) is 8.09. The summed E-state index contributed by atoms with van der Waals surface area (Å²) in [6.45, 7) is 0.757. The number of ketones is 2. The number of nitrogens with zero attached hydrogens (tertiary/aromatic N) is 1. The highest BCUT2D eigenvalue weighted by molar-refractivity contribution is 6.33. The number of fused-ring (bicyclic) bond motifs is 4. The average Bonchev–Trinajstić information content (AvgIpc) is 3.24. The van der Waals surface area contributed by atoms with Crippen LogP contribution in [0.3, 0.4) is 0 Å². The van der Waals surface area contributed by atoms with Crippen molar-refractivity contribution in [2.75, 3.05) is 14.1 Å². The number of aliphatic hydroxyl groups is 3. The molecule has 0 saturated carbocycles. The number of halogens is 1. The number of carbonyl (C=O) groups is 3. The standard InChI is InChI=1S/C23H24ClN3O7/c1-27(2)16-11-4-7-3-8-13(17(28)10-6-26-5-9(10)15(8)24)18(29)12(7)20(31)23(11,34)21(32)14(19(16)30)22(25)33/h7,11,16,26,28,30-31,34H,3-6H2,1-2H3,(H2,25,33)/t7-,11-,16-,23-/m0/s1. The number of rotatable bonds is 2. The molecule has 0 bridgehead atoms. The average molecular weight is 490 g/mol. The van der Waals surface area contributed by atoms with E-state index in [1.165, 1.54) is 4.90 Å². The predicted molar refractivity (Wildman–Crippen MR) is 119 cm³/mol. The van der Waals surface area contributed by atoms with Crippen LogP contribution in [-0.2, 0) is 29.1 Å². The first kappa shape index (κ1) is 22.9. The quantitative estimate of drug-likeness (QED) is 0.321. The van der Waals surface area contributed by atoms with Crippen LogP contribution in [0, 0.1) is 11.8 Å². The number of primary amides is 1. The summed E-state index contributed by atoms with van der Waals surface area (Å²) < 4.78 is 0. The molecule has 0 spiro atoms. The Balaban J connectivity index is 1.75. The van der Waals surface area contributed by atoms with Gasteiger partial charge >= 0.3 is 0 Å². The summed E-state index contributed by atoms with van der Waals surface area (Å²) in [6, 6.07) is -1.03. The van der Waals surface area contributed by atoms with Crippen LogP contribution in [-0.4, -0.2) is 68.5 Å². The van der Waals surface area contributed by atoms with Crippen molar-refractivity contribution in [3.63, 3.8) is 0 Å². The van der Waals surface area contributed by atoms with Crippen LogP contribution in [0.15, 0.2) is 22.7 Å². The highest BCUT2D eigenvalue weighted by atomic mass is 35.5. The predicted octanol–water partition coefficient (Wildman–Crippen LogP) is 0.377. The number of benzene rings is 1. The lowest BCUT2D eigenvalue weighted by Gasteiger charge is -2.50. The number of hydrogen-bond acceptors (Lipinski definition) is 9. The molecule has 1 amide bonds.